The highest BCUT2D eigenvalue weighted by Crippen LogP contribution is 2.35. The van der Waals surface area contributed by atoms with Gasteiger partial charge in [-0.2, -0.15) is 0 Å². The van der Waals surface area contributed by atoms with Crippen molar-refractivity contribution in [1.82, 2.24) is 9.55 Å². The van der Waals surface area contributed by atoms with Crippen LogP contribution < -0.4 is 0 Å². The lowest BCUT2D eigenvalue weighted by Crippen LogP contribution is -1.95. The summed E-state index contributed by atoms with van der Waals surface area (Å²) in [5.41, 5.74) is 0. The van der Waals surface area contributed by atoms with Crippen molar-refractivity contribution in [3.05, 3.63) is 45.4 Å². The number of hydrogen-bond acceptors (Lipinski definition) is 2. The van der Waals surface area contributed by atoms with Crippen LogP contribution >= 0.6 is 46.6 Å². The van der Waals surface area contributed by atoms with E-state index < -0.39 is 0 Å². The zero-order chi connectivity index (χ0) is 12.4. The third kappa shape index (κ3) is 2.91. The van der Waals surface area contributed by atoms with Gasteiger partial charge in [-0.15, -0.1) is 11.8 Å². The number of imidazole rings is 1. The van der Waals surface area contributed by atoms with Crippen LogP contribution in [0.1, 0.15) is 5.82 Å². The molecule has 0 N–H and O–H groups in total. The van der Waals surface area contributed by atoms with E-state index in [-0.39, 0.29) is 0 Å². The van der Waals surface area contributed by atoms with Crippen LogP contribution in [0.15, 0.2) is 29.3 Å². The van der Waals surface area contributed by atoms with Crippen LogP contribution in [-0.4, -0.2) is 9.55 Å². The summed E-state index contributed by atoms with van der Waals surface area (Å²) in [4.78, 5) is 5.08. The number of nitrogens with zero attached hydrogens (tertiary/aromatic N) is 2. The lowest BCUT2D eigenvalue weighted by molar-refractivity contribution is 0.850. The SMILES string of the molecule is Cn1c(Cl)cnc1CSc1c(Cl)cccc1Cl. The predicted molar refractivity (Wildman–Crippen MR) is 74.2 cm³/mol. The molecule has 0 aliphatic heterocycles. The van der Waals surface area contributed by atoms with Crippen LogP contribution in [0, 0.1) is 0 Å². The van der Waals surface area contributed by atoms with E-state index in [1.54, 1.807) is 18.0 Å². The van der Waals surface area contributed by atoms with Gasteiger partial charge in [0.15, 0.2) is 0 Å². The first kappa shape index (κ1) is 13.1. The Bertz CT molecular complexity index is 519. The standard InChI is InChI=1S/C11H9Cl3N2S/c1-16-9(14)5-15-10(16)6-17-11-7(12)3-2-4-8(11)13/h2-5H,6H2,1H3. The van der Waals surface area contributed by atoms with Crippen LogP contribution in [0.5, 0.6) is 0 Å². The Morgan fingerprint density at radius 2 is 1.88 bits per heavy atom. The van der Waals surface area contributed by atoms with E-state index in [9.17, 15) is 0 Å². The first-order valence-electron chi connectivity index (χ1n) is 4.82. The van der Waals surface area contributed by atoms with E-state index in [2.05, 4.69) is 4.98 Å². The van der Waals surface area contributed by atoms with Gasteiger partial charge in [-0.1, -0.05) is 40.9 Å². The molecule has 0 saturated carbocycles. The van der Waals surface area contributed by atoms with E-state index in [0.717, 1.165) is 10.7 Å². The molecule has 1 heterocycles. The second-order valence-electron chi connectivity index (χ2n) is 3.40. The number of aromatic nitrogens is 2. The van der Waals surface area contributed by atoms with Crippen LogP contribution in [0.2, 0.25) is 15.2 Å². The van der Waals surface area contributed by atoms with Crippen LogP contribution in [-0.2, 0) is 12.8 Å². The van der Waals surface area contributed by atoms with Gasteiger partial charge in [0.2, 0.25) is 0 Å². The van der Waals surface area contributed by atoms with E-state index in [4.69, 9.17) is 34.8 Å². The monoisotopic (exact) mass is 306 g/mol. The summed E-state index contributed by atoms with van der Waals surface area (Å²) in [5, 5.41) is 1.93. The summed E-state index contributed by atoms with van der Waals surface area (Å²) >= 11 is 19.6. The highest BCUT2D eigenvalue weighted by Gasteiger charge is 2.09. The minimum atomic E-state index is 0.617. The van der Waals surface area contributed by atoms with Gasteiger partial charge in [0, 0.05) is 11.9 Å². The summed E-state index contributed by atoms with van der Waals surface area (Å²) in [6.07, 6.45) is 1.63. The molecular weight excluding hydrogens is 299 g/mol. The fourth-order valence-corrected chi connectivity index (χ4v) is 3.14. The van der Waals surface area contributed by atoms with E-state index in [1.165, 1.54) is 0 Å². The van der Waals surface area contributed by atoms with E-state index in [1.807, 2.05) is 29.8 Å². The Hall–Kier alpha value is -0.350. The van der Waals surface area contributed by atoms with Crippen molar-refractivity contribution in [3.8, 4) is 0 Å². The van der Waals surface area contributed by atoms with E-state index in [0.29, 0.717) is 21.0 Å². The molecule has 0 atom stereocenters. The van der Waals surface area contributed by atoms with Crippen molar-refractivity contribution >= 4 is 46.6 Å². The van der Waals surface area contributed by atoms with Crippen LogP contribution in [0.25, 0.3) is 0 Å². The largest absolute Gasteiger partial charge is 0.322 e. The highest BCUT2D eigenvalue weighted by molar-refractivity contribution is 7.98. The summed E-state index contributed by atoms with van der Waals surface area (Å²) in [6, 6.07) is 5.47. The second-order valence-corrected chi connectivity index (χ2v) is 5.58. The van der Waals surface area contributed by atoms with Crippen molar-refractivity contribution in [2.75, 3.05) is 0 Å². The summed E-state index contributed by atoms with van der Waals surface area (Å²) in [5.74, 6) is 1.56. The van der Waals surface area contributed by atoms with Gasteiger partial charge < -0.3 is 4.57 Å². The molecule has 90 valence electrons. The van der Waals surface area contributed by atoms with Gasteiger partial charge in [0.1, 0.15) is 11.0 Å². The Labute approximate surface area is 119 Å². The van der Waals surface area contributed by atoms with Gasteiger partial charge in [-0.25, -0.2) is 4.98 Å². The second kappa shape index (κ2) is 5.53. The smallest absolute Gasteiger partial charge is 0.128 e. The minimum Gasteiger partial charge on any atom is -0.322 e. The van der Waals surface area contributed by atoms with Crippen molar-refractivity contribution in [1.29, 1.82) is 0 Å². The Kier molecular flexibility index (Phi) is 4.26. The fraction of sp³-hybridized carbons (Fsp3) is 0.182. The van der Waals surface area contributed by atoms with Gasteiger partial charge in [0.05, 0.1) is 22.0 Å². The molecule has 0 bridgehead atoms. The molecule has 0 aliphatic rings. The molecular formula is C11H9Cl3N2S. The predicted octanol–water partition coefficient (Wildman–Crippen LogP) is 4.67. The normalized spacial score (nSPS) is 10.8. The van der Waals surface area contributed by atoms with Crippen molar-refractivity contribution in [2.24, 2.45) is 7.05 Å². The number of thioether (sulfide) groups is 1. The zero-order valence-corrected chi connectivity index (χ0v) is 12.0. The van der Waals surface area contributed by atoms with Crippen LogP contribution in [0.3, 0.4) is 0 Å². The number of benzene rings is 1. The van der Waals surface area contributed by atoms with E-state index >= 15 is 0 Å². The topological polar surface area (TPSA) is 17.8 Å². The molecule has 0 spiro atoms. The molecule has 2 nitrogen and oxygen atoms in total. The Balaban J connectivity index is 2.15. The first-order chi connectivity index (χ1) is 8.09. The quantitative estimate of drug-likeness (QED) is 0.767. The Morgan fingerprint density at radius 1 is 1.24 bits per heavy atom. The maximum atomic E-state index is 6.08. The average Bonchev–Trinajstić information content (AvgIpc) is 2.60. The number of hydrogen-bond donors (Lipinski definition) is 0. The molecule has 17 heavy (non-hydrogen) atoms. The lowest BCUT2D eigenvalue weighted by atomic mass is 10.4. The molecule has 6 heteroatoms. The average molecular weight is 308 g/mol. The first-order valence-corrected chi connectivity index (χ1v) is 6.94. The molecule has 0 radical (unpaired) electrons. The molecule has 0 saturated heterocycles. The molecule has 0 amide bonds. The maximum Gasteiger partial charge on any atom is 0.128 e. The Morgan fingerprint density at radius 3 is 2.41 bits per heavy atom. The summed E-state index contributed by atoms with van der Waals surface area (Å²) < 4.78 is 1.83. The zero-order valence-electron chi connectivity index (χ0n) is 8.95. The molecule has 1 aromatic heterocycles. The number of rotatable bonds is 3. The van der Waals surface area contributed by atoms with Gasteiger partial charge in [0.25, 0.3) is 0 Å². The molecule has 0 aliphatic carbocycles. The van der Waals surface area contributed by atoms with Crippen LogP contribution in [0.4, 0.5) is 0 Å². The highest BCUT2D eigenvalue weighted by atomic mass is 35.5. The molecule has 1 aromatic carbocycles. The fourth-order valence-electron chi connectivity index (χ4n) is 1.32. The number of halogens is 3. The van der Waals surface area contributed by atoms with Gasteiger partial charge in [-0.3, -0.25) is 0 Å². The maximum absolute atomic E-state index is 6.08. The molecule has 2 rings (SSSR count). The molecule has 2 aromatic rings. The summed E-state index contributed by atoms with van der Waals surface area (Å²) in [7, 11) is 1.87. The third-order valence-corrected chi connectivity index (χ3v) is 4.63. The van der Waals surface area contributed by atoms with Crippen molar-refractivity contribution in [3.63, 3.8) is 0 Å². The van der Waals surface area contributed by atoms with Gasteiger partial charge >= 0.3 is 0 Å². The van der Waals surface area contributed by atoms with Gasteiger partial charge in [-0.05, 0) is 12.1 Å². The molecule has 0 fully saturated rings. The van der Waals surface area contributed by atoms with Crippen molar-refractivity contribution in [2.45, 2.75) is 10.6 Å². The lowest BCUT2D eigenvalue weighted by Gasteiger charge is -2.06. The third-order valence-electron chi connectivity index (χ3n) is 2.29. The molecule has 0 unspecified atom stereocenters. The minimum absolute atomic E-state index is 0.617. The summed E-state index contributed by atoms with van der Waals surface area (Å²) in [6.45, 7) is 0. The van der Waals surface area contributed by atoms with Crippen molar-refractivity contribution < 1.29 is 0 Å².